The third kappa shape index (κ3) is 3.29. The molecule has 0 bridgehead atoms. The topological polar surface area (TPSA) is 51.2 Å². The van der Waals surface area contributed by atoms with Crippen LogP contribution in [0.3, 0.4) is 0 Å². The zero-order valence-electron chi connectivity index (χ0n) is 11.8. The van der Waals surface area contributed by atoms with E-state index in [0.29, 0.717) is 0 Å². The number of allylic oxidation sites excluding steroid dienone is 1. The standard InChI is InChI=1S/C17H18O3/c1-17(2)10-14(19)16(15(20)11-17)13(18)9-8-12-6-4-3-5-7-12/h3-9,16H,10-11H2,1-2H3/b9-8+. The van der Waals surface area contributed by atoms with Crippen LogP contribution < -0.4 is 0 Å². The lowest BCUT2D eigenvalue weighted by atomic mass is 9.70. The molecule has 1 aromatic carbocycles. The fourth-order valence-corrected chi connectivity index (χ4v) is 2.55. The minimum Gasteiger partial charge on any atom is -0.298 e. The fourth-order valence-electron chi connectivity index (χ4n) is 2.55. The highest BCUT2D eigenvalue weighted by Gasteiger charge is 2.42. The quantitative estimate of drug-likeness (QED) is 0.627. The Hall–Kier alpha value is -2.03. The Morgan fingerprint density at radius 2 is 1.65 bits per heavy atom. The molecule has 0 heterocycles. The lowest BCUT2D eigenvalue weighted by Gasteiger charge is -2.30. The third-order valence-electron chi connectivity index (χ3n) is 3.47. The van der Waals surface area contributed by atoms with Gasteiger partial charge in [0.1, 0.15) is 5.92 Å². The Labute approximate surface area is 118 Å². The van der Waals surface area contributed by atoms with Crippen molar-refractivity contribution in [2.24, 2.45) is 11.3 Å². The fraction of sp³-hybridized carbons (Fsp3) is 0.353. The summed E-state index contributed by atoms with van der Waals surface area (Å²) in [5, 5.41) is 0. The van der Waals surface area contributed by atoms with E-state index in [2.05, 4.69) is 0 Å². The van der Waals surface area contributed by atoms with Gasteiger partial charge in [0.05, 0.1) is 0 Å². The lowest BCUT2D eigenvalue weighted by Crippen LogP contribution is -2.41. The molecule has 0 aromatic heterocycles. The van der Waals surface area contributed by atoms with Gasteiger partial charge in [-0.15, -0.1) is 0 Å². The number of hydrogen-bond acceptors (Lipinski definition) is 3. The molecule has 0 N–H and O–H groups in total. The Bertz CT molecular complexity index is 547. The summed E-state index contributed by atoms with van der Waals surface area (Å²) in [5.74, 6) is -2.01. The van der Waals surface area contributed by atoms with Crippen LogP contribution >= 0.6 is 0 Å². The van der Waals surface area contributed by atoms with Gasteiger partial charge in [0.25, 0.3) is 0 Å². The summed E-state index contributed by atoms with van der Waals surface area (Å²) in [5.41, 5.74) is 0.547. The van der Waals surface area contributed by atoms with Crippen LogP contribution in [-0.4, -0.2) is 17.3 Å². The zero-order valence-corrected chi connectivity index (χ0v) is 11.8. The van der Waals surface area contributed by atoms with E-state index in [9.17, 15) is 14.4 Å². The van der Waals surface area contributed by atoms with Crippen LogP contribution in [0.5, 0.6) is 0 Å². The Kier molecular flexibility index (Phi) is 3.98. The molecule has 0 saturated heterocycles. The van der Waals surface area contributed by atoms with E-state index in [4.69, 9.17) is 0 Å². The second kappa shape index (κ2) is 5.53. The van der Waals surface area contributed by atoms with Crippen molar-refractivity contribution in [1.82, 2.24) is 0 Å². The molecule has 0 unspecified atom stereocenters. The van der Waals surface area contributed by atoms with Crippen molar-refractivity contribution in [1.29, 1.82) is 0 Å². The van der Waals surface area contributed by atoms with Crippen molar-refractivity contribution < 1.29 is 14.4 Å². The van der Waals surface area contributed by atoms with Gasteiger partial charge in [-0.25, -0.2) is 0 Å². The number of carbonyl (C=O) groups is 3. The SMILES string of the molecule is CC1(C)CC(=O)C(C(=O)/C=C/c2ccccc2)C(=O)C1. The van der Waals surface area contributed by atoms with Crippen LogP contribution in [0.25, 0.3) is 6.08 Å². The maximum absolute atomic E-state index is 12.1. The zero-order chi connectivity index (χ0) is 14.8. The normalized spacial score (nSPS) is 19.5. The molecule has 0 amide bonds. The largest absolute Gasteiger partial charge is 0.298 e. The van der Waals surface area contributed by atoms with E-state index in [1.54, 1.807) is 6.08 Å². The second-order valence-electron chi connectivity index (χ2n) is 6.03. The molecule has 20 heavy (non-hydrogen) atoms. The second-order valence-corrected chi connectivity index (χ2v) is 6.03. The molecular formula is C17H18O3. The van der Waals surface area contributed by atoms with Crippen LogP contribution in [0.4, 0.5) is 0 Å². The average Bonchev–Trinajstić information content (AvgIpc) is 2.35. The minimum absolute atomic E-state index is 0.256. The molecule has 1 aliphatic carbocycles. The summed E-state index contributed by atoms with van der Waals surface area (Å²) >= 11 is 0. The lowest BCUT2D eigenvalue weighted by molar-refractivity contribution is -0.143. The Morgan fingerprint density at radius 1 is 1.10 bits per heavy atom. The third-order valence-corrected chi connectivity index (χ3v) is 3.47. The van der Waals surface area contributed by atoms with Crippen LogP contribution in [0.15, 0.2) is 36.4 Å². The average molecular weight is 270 g/mol. The first-order valence-electron chi connectivity index (χ1n) is 6.71. The monoisotopic (exact) mass is 270 g/mol. The number of ketones is 3. The summed E-state index contributed by atoms with van der Waals surface area (Å²) in [4.78, 5) is 36.1. The van der Waals surface area contributed by atoms with Gasteiger partial charge in [-0.05, 0) is 17.1 Å². The van der Waals surface area contributed by atoms with Crippen LogP contribution in [-0.2, 0) is 14.4 Å². The number of rotatable bonds is 3. The molecule has 1 aliphatic rings. The van der Waals surface area contributed by atoms with Crippen molar-refractivity contribution in [3.63, 3.8) is 0 Å². The van der Waals surface area contributed by atoms with Crippen molar-refractivity contribution in [2.75, 3.05) is 0 Å². The van der Waals surface area contributed by atoms with E-state index in [0.717, 1.165) is 5.56 Å². The first-order valence-corrected chi connectivity index (χ1v) is 6.71. The first-order chi connectivity index (χ1) is 9.39. The molecule has 1 fully saturated rings. The van der Waals surface area contributed by atoms with E-state index >= 15 is 0 Å². The van der Waals surface area contributed by atoms with Crippen LogP contribution in [0.1, 0.15) is 32.3 Å². The van der Waals surface area contributed by atoms with Gasteiger partial charge >= 0.3 is 0 Å². The van der Waals surface area contributed by atoms with E-state index in [1.165, 1.54) is 6.08 Å². The van der Waals surface area contributed by atoms with E-state index in [1.807, 2.05) is 44.2 Å². The van der Waals surface area contributed by atoms with Crippen molar-refractivity contribution in [3.8, 4) is 0 Å². The van der Waals surface area contributed by atoms with Gasteiger partial charge in [0, 0.05) is 12.8 Å². The van der Waals surface area contributed by atoms with Crippen LogP contribution in [0, 0.1) is 11.3 Å². The molecule has 0 aliphatic heterocycles. The number of Topliss-reactive ketones (excluding diaryl/α,β-unsaturated/α-hetero) is 2. The Morgan fingerprint density at radius 3 is 2.20 bits per heavy atom. The highest BCUT2D eigenvalue weighted by Crippen LogP contribution is 2.34. The first kappa shape index (κ1) is 14.4. The maximum atomic E-state index is 12.1. The number of carbonyl (C=O) groups excluding carboxylic acids is 3. The van der Waals surface area contributed by atoms with Crippen molar-refractivity contribution >= 4 is 23.4 Å². The molecule has 0 spiro atoms. The number of hydrogen-bond donors (Lipinski definition) is 0. The van der Waals surface area contributed by atoms with Gasteiger partial charge in [-0.2, -0.15) is 0 Å². The van der Waals surface area contributed by atoms with Crippen molar-refractivity contribution in [3.05, 3.63) is 42.0 Å². The Balaban J connectivity index is 2.12. The number of benzene rings is 1. The molecule has 1 aromatic rings. The maximum Gasteiger partial charge on any atom is 0.173 e. The predicted octanol–water partition coefficient (Wildman–Crippen LogP) is 2.84. The van der Waals surface area contributed by atoms with E-state index < -0.39 is 11.7 Å². The van der Waals surface area contributed by atoms with E-state index in [-0.39, 0.29) is 29.8 Å². The van der Waals surface area contributed by atoms with Crippen molar-refractivity contribution in [2.45, 2.75) is 26.7 Å². The summed E-state index contributed by atoms with van der Waals surface area (Å²) < 4.78 is 0. The predicted molar refractivity (Wildman–Crippen MR) is 77.0 cm³/mol. The van der Waals surface area contributed by atoms with Gasteiger partial charge in [-0.3, -0.25) is 14.4 Å². The molecular weight excluding hydrogens is 252 g/mol. The molecule has 104 valence electrons. The molecule has 2 rings (SSSR count). The van der Waals surface area contributed by atoms with Gasteiger partial charge < -0.3 is 0 Å². The highest BCUT2D eigenvalue weighted by atomic mass is 16.2. The summed E-state index contributed by atoms with van der Waals surface area (Å²) in [6, 6.07) is 9.33. The van der Waals surface area contributed by atoms with Gasteiger partial charge in [-0.1, -0.05) is 50.3 Å². The van der Waals surface area contributed by atoms with Gasteiger partial charge in [0.15, 0.2) is 17.3 Å². The molecule has 3 heteroatoms. The minimum atomic E-state index is -1.09. The summed E-state index contributed by atoms with van der Waals surface area (Å²) in [6.07, 6.45) is 3.55. The summed E-state index contributed by atoms with van der Waals surface area (Å²) in [6.45, 7) is 3.76. The molecule has 1 saturated carbocycles. The van der Waals surface area contributed by atoms with Gasteiger partial charge in [0.2, 0.25) is 0 Å². The van der Waals surface area contributed by atoms with Crippen LogP contribution in [0.2, 0.25) is 0 Å². The molecule has 0 radical (unpaired) electrons. The molecule has 3 nitrogen and oxygen atoms in total. The highest BCUT2D eigenvalue weighted by molar-refractivity contribution is 6.24. The molecule has 0 atom stereocenters. The smallest absolute Gasteiger partial charge is 0.173 e. The summed E-state index contributed by atoms with van der Waals surface area (Å²) in [7, 11) is 0.